The van der Waals surface area contributed by atoms with Crippen LogP contribution >= 0.6 is 11.3 Å². The molecule has 0 fully saturated rings. The van der Waals surface area contributed by atoms with Gasteiger partial charge in [-0.25, -0.2) is 9.78 Å². The molecule has 7 nitrogen and oxygen atoms in total. The highest BCUT2D eigenvalue weighted by Gasteiger charge is 2.11. The summed E-state index contributed by atoms with van der Waals surface area (Å²) in [7, 11) is 0. The molecule has 2 rings (SSSR count). The normalized spacial score (nSPS) is 10.7. The lowest BCUT2D eigenvalue weighted by atomic mass is 10.3. The van der Waals surface area contributed by atoms with Crippen LogP contribution in [0.2, 0.25) is 0 Å². The number of nitrogens with two attached hydrogens (primary N) is 1. The van der Waals surface area contributed by atoms with Gasteiger partial charge >= 0.3 is 5.69 Å². The van der Waals surface area contributed by atoms with Crippen molar-refractivity contribution in [3.05, 3.63) is 37.4 Å². The van der Waals surface area contributed by atoms with Crippen molar-refractivity contribution in [3.63, 3.8) is 0 Å². The summed E-state index contributed by atoms with van der Waals surface area (Å²) in [6.45, 7) is 2.94. The van der Waals surface area contributed by atoms with E-state index in [4.69, 9.17) is 5.73 Å². The summed E-state index contributed by atoms with van der Waals surface area (Å²) < 4.78 is 1.37. The molecule has 20 heavy (non-hydrogen) atoms. The molecule has 0 bridgehead atoms. The zero-order valence-electron chi connectivity index (χ0n) is 11.2. The van der Waals surface area contributed by atoms with Crippen LogP contribution in [-0.2, 0) is 13.0 Å². The molecule has 0 amide bonds. The van der Waals surface area contributed by atoms with Crippen LogP contribution in [0.5, 0.6) is 0 Å². The number of anilines is 2. The lowest BCUT2D eigenvalue weighted by Crippen LogP contribution is -2.34. The Bertz CT molecular complexity index is 674. The largest absolute Gasteiger partial charge is 0.383 e. The fourth-order valence-corrected chi connectivity index (χ4v) is 2.50. The highest BCUT2D eigenvalue weighted by atomic mass is 32.1. The molecular formula is C12H17N5O2S. The second-order valence-electron chi connectivity index (χ2n) is 4.27. The van der Waals surface area contributed by atoms with Gasteiger partial charge in [-0.2, -0.15) is 0 Å². The van der Waals surface area contributed by atoms with Gasteiger partial charge in [-0.05, 0) is 6.42 Å². The fourth-order valence-electron chi connectivity index (χ4n) is 1.88. The van der Waals surface area contributed by atoms with E-state index < -0.39 is 11.2 Å². The molecule has 0 aliphatic heterocycles. The summed E-state index contributed by atoms with van der Waals surface area (Å²) in [5, 5.41) is 5.87. The minimum atomic E-state index is -0.487. The van der Waals surface area contributed by atoms with Crippen molar-refractivity contribution >= 4 is 22.8 Å². The van der Waals surface area contributed by atoms with Crippen molar-refractivity contribution < 1.29 is 0 Å². The van der Waals surface area contributed by atoms with E-state index in [1.807, 2.05) is 12.3 Å². The number of nitrogen functional groups attached to an aromatic ring is 1. The molecule has 0 saturated heterocycles. The third-order valence-electron chi connectivity index (χ3n) is 2.81. The van der Waals surface area contributed by atoms with Crippen LogP contribution in [-0.4, -0.2) is 21.1 Å². The number of aromatic amines is 1. The fraction of sp³-hybridized carbons (Fsp3) is 0.417. The van der Waals surface area contributed by atoms with Crippen LogP contribution in [0.3, 0.4) is 0 Å². The minimum absolute atomic E-state index is 0.180. The number of nitrogens with one attached hydrogen (secondary N) is 2. The standard InChI is InChI=1S/C12H17N5O2S/c1-2-6-17-10(13)9(11(18)16-12(17)19)15-4-3-8-14-5-7-20-8/h5,7,15H,2-4,6,13H2,1H3,(H,16,18,19). The predicted molar refractivity (Wildman–Crippen MR) is 80.3 cm³/mol. The number of hydrogen-bond acceptors (Lipinski definition) is 6. The first-order valence-corrected chi connectivity index (χ1v) is 7.26. The number of rotatable bonds is 6. The number of thiazole rings is 1. The first kappa shape index (κ1) is 14.3. The summed E-state index contributed by atoms with van der Waals surface area (Å²) in [5.41, 5.74) is 5.18. The first-order chi connectivity index (χ1) is 9.63. The summed E-state index contributed by atoms with van der Waals surface area (Å²) >= 11 is 1.56. The molecule has 0 aromatic carbocycles. The van der Waals surface area contributed by atoms with Crippen molar-refractivity contribution in [2.45, 2.75) is 26.3 Å². The Morgan fingerprint density at radius 1 is 1.50 bits per heavy atom. The lowest BCUT2D eigenvalue weighted by molar-refractivity contribution is 0.642. The maximum atomic E-state index is 11.8. The van der Waals surface area contributed by atoms with Crippen LogP contribution in [0.4, 0.5) is 11.5 Å². The number of hydrogen-bond donors (Lipinski definition) is 3. The molecule has 0 aliphatic carbocycles. The molecule has 2 aromatic rings. The molecule has 0 radical (unpaired) electrons. The monoisotopic (exact) mass is 295 g/mol. The van der Waals surface area contributed by atoms with E-state index in [2.05, 4.69) is 15.3 Å². The SMILES string of the molecule is CCCn1c(N)c(NCCc2nccs2)c(=O)[nH]c1=O. The minimum Gasteiger partial charge on any atom is -0.383 e. The van der Waals surface area contributed by atoms with E-state index in [0.29, 0.717) is 19.5 Å². The van der Waals surface area contributed by atoms with Gasteiger partial charge in [0.1, 0.15) is 11.5 Å². The van der Waals surface area contributed by atoms with E-state index >= 15 is 0 Å². The van der Waals surface area contributed by atoms with Crippen LogP contribution < -0.4 is 22.3 Å². The zero-order valence-corrected chi connectivity index (χ0v) is 12.0. The molecule has 0 spiro atoms. The summed E-state index contributed by atoms with van der Waals surface area (Å²) in [6.07, 6.45) is 3.20. The third-order valence-corrected chi connectivity index (χ3v) is 3.65. The molecule has 0 atom stereocenters. The van der Waals surface area contributed by atoms with Gasteiger partial charge < -0.3 is 11.1 Å². The number of nitrogens with zero attached hydrogens (tertiary/aromatic N) is 2. The van der Waals surface area contributed by atoms with E-state index in [1.54, 1.807) is 17.5 Å². The third kappa shape index (κ3) is 3.08. The summed E-state index contributed by atoms with van der Waals surface area (Å²) in [6, 6.07) is 0. The average molecular weight is 295 g/mol. The summed E-state index contributed by atoms with van der Waals surface area (Å²) in [4.78, 5) is 29.9. The van der Waals surface area contributed by atoms with Gasteiger partial charge in [-0.1, -0.05) is 6.92 Å². The highest BCUT2D eigenvalue weighted by molar-refractivity contribution is 7.09. The molecule has 108 valence electrons. The smallest absolute Gasteiger partial charge is 0.330 e. The van der Waals surface area contributed by atoms with Gasteiger partial charge in [-0.15, -0.1) is 11.3 Å². The molecule has 2 heterocycles. The number of aromatic nitrogens is 3. The second-order valence-corrected chi connectivity index (χ2v) is 5.25. The van der Waals surface area contributed by atoms with Gasteiger partial charge in [-0.3, -0.25) is 14.3 Å². The Morgan fingerprint density at radius 3 is 2.95 bits per heavy atom. The van der Waals surface area contributed by atoms with Crippen molar-refractivity contribution in [1.29, 1.82) is 0 Å². The van der Waals surface area contributed by atoms with E-state index in [-0.39, 0.29) is 11.5 Å². The lowest BCUT2D eigenvalue weighted by Gasteiger charge is -2.12. The Hall–Kier alpha value is -2.09. The Balaban J connectivity index is 2.16. The highest BCUT2D eigenvalue weighted by Crippen LogP contribution is 2.11. The maximum Gasteiger partial charge on any atom is 0.330 e. The zero-order chi connectivity index (χ0) is 14.5. The molecule has 4 N–H and O–H groups in total. The van der Waals surface area contributed by atoms with Crippen LogP contribution in [0.15, 0.2) is 21.2 Å². The van der Waals surface area contributed by atoms with Crippen LogP contribution in [0.25, 0.3) is 0 Å². The van der Waals surface area contributed by atoms with Gasteiger partial charge in [0.15, 0.2) is 0 Å². The van der Waals surface area contributed by atoms with Gasteiger partial charge in [0.2, 0.25) is 0 Å². The van der Waals surface area contributed by atoms with Crippen molar-refractivity contribution in [3.8, 4) is 0 Å². The second kappa shape index (κ2) is 6.38. The average Bonchev–Trinajstić information content (AvgIpc) is 2.91. The van der Waals surface area contributed by atoms with Crippen LogP contribution in [0.1, 0.15) is 18.4 Å². The van der Waals surface area contributed by atoms with Gasteiger partial charge in [0, 0.05) is 31.1 Å². The molecule has 2 aromatic heterocycles. The molecule has 8 heteroatoms. The van der Waals surface area contributed by atoms with E-state index in [0.717, 1.165) is 11.4 Å². The molecule has 0 aliphatic rings. The molecule has 0 unspecified atom stereocenters. The van der Waals surface area contributed by atoms with Gasteiger partial charge in [0.05, 0.1) is 5.01 Å². The van der Waals surface area contributed by atoms with E-state index in [9.17, 15) is 9.59 Å². The Morgan fingerprint density at radius 2 is 2.30 bits per heavy atom. The number of H-pyrrole nitrogens is 1. The molecular weight excluding hydrogens is 278 g/mol. The van der Waals surface area contributed by atoms with Crippen molar-refractivity contribution in [2.24, 2.45) is 0 Å². The topological polar surface area (TPSA) is 106 Å². The molecule has 0 saturated carbocycles. The summed E-state index contributed by atoms with van der Waals surface area (Å²) in [5.74, 6) is 0.180. The maximum absolute atomic E-state index is 11.8. The first-order valence-electron chi connectivity index (χ1n) is 6.38. The Kier molecular flexibility index (Phi) is 4.57. The van der Waals surface area contributed by atoms with Crippen molar-refractivity contribution in [1.82, 2.24) is 14.5 Å². The van der Waals surface area contributed by atoms with Gasteiger partial charge in [0.25, 0.3) is 5.56 Å². The van der Waals surface area contributed by atoms with Crippen LogP contribution in [0, 0.1) is 0 Å². The Labute approximate surface area is 119 Å². The predicted octanol–water partition coefficient (Wildman–Crippen LogP) is 0.640. The quantitative estimate of drug-likeness (QED) is 0.725. The van der Waals surface area contributed by atoms with E-state index in [1.165, 1.54) is 4.57 Å². The van der Waals surface area contributed by atoms with Crippen molar-refractivity contribution in [2.75, 3.05) is 17.6 Å².